The van der Waals surface area contributed by atoms with Crippen molar-refractivity contribution in [2.45, 2.75) is 419 Å². The number of carbonyl (C=O) groups excluding carboxylic acids is 3. The summed E-state index contributed by atoms with van der Waals surface area (Å²) in [5.41, 5.74) is 0. The first-order valence-corrected chi connectivity index (χ1v) is 37.0. The molecule has 0 aromatic heterocycles. The molecule has 1 unspecified atom stereocenters. The number of hydrogen-bond acceptors (Lipinski definition) is 6. The van der Waals surface area contributed by atoms with Gasteiger partial charge in [0.05, 0.1) is 0 Å². The second-order valence-electron chi connectivity index (χ2n) is 25.2. The van der Waals surface area contributed by atoms with Gasteiger partial charge in [-0.3, -0.25) is 14.4 Å². The van der Waals surface area contributed by atoms with Gasteiger partial charge in [-0.05, 0) is 77.0 Å². The van der Waals surface area contributed by atoms with E-state index < -0.39 is 6.10 Å². The standard InChI is InChI=1S/C76H142O6/c1-4-7-10-13-16-19-22-25-27-29-31-32-33-34-35-36-37-38-39-40-41-42-43-45-46-48-51-54-57-60-63-66-69-75(78)81-72-73(71-80-74(77)68-65-62-59-56-53-50-24-21-18-15-12-9-6-3)82-76(79)70-67-64-61-58-55-52-49-47-44-30-28-26-23-20-17-14-11-8-5-2/h17,20-21,24,26,28,73H,4-16,18-19,22-23,25,27,29-72H2,1-3H3/b20-17-,24-21-,28-26-. The molecule has 82 heavy (non-hydrogen) atoms. The summed E-state index contributed by atoms with van der Waals surface area (Å²) in [4.78, 5) is 38.4. The molecule has 0 amide bonds. The molecular formula is C76H142O6. The molecule has 0 saturated heterocycles. The highest BCUT2D eigenvalue weighted by molar-refractivity contribution is 5.71. The van der Waals surface area contributed by atoms with Crippen LogP contribution < -0.4 is 0 Å². The largest absolute Gasteiger partial charge is 0.462 e. The number of ether oxygens (including phenoxy) is 3. The van der Waals surface area contributed by atoms with E-state index >= 15 is 0 Å². The Morgan fingerprint density at radius 2 is 0.439 bits per heavy atom. The molecule has 0 fully saturated rings. The van der Waals surface area contributed by atoms with Gasteiger partial charge < -0.3 is 14.2 Å². The monoisotopic (exact) mass is 1150 g/mol. The lowest BCUT2D eigenvalue weighted by Crippen LogP contribution is -2.30. The Kier molecular flexibility index (Phi) is 69.1. The van der Waals surface area contributed by atoms with E-state index in [1.807, 2.05) is 0 Å². The Labute approximate surface area is 512 Å². The molecule has 482 valence electrons. The zero-order valence-corrected chi connectivity index (χ0v) is 55.5. The Bertz CT molecular complexity index is 1370. The molecule has 0 aliphatic rings. The minimum Gasteiger partial charge on any atom is -0.462 e. The van der Waals surface area contributed by atoms with E-state index in [4.69, 9.17) is 14.2 Å². The van der Waals surface area contributed by atoms with Gasteiger partial charge in [0.2, 0.25) is 0 Å². The van der Waals surface area contributed by atoms with Gasteiger partial charge >= 0.3 is 17.9 Å². The fourth-order valence-electron chi connectivity index (χ4n) is 11.3. The van der Waals surface area contributed by atoms with Crippen LogP contribution in [0.1, 0.15) is 412 Å². The number of rotatable bonds is 69. The van der Waals surface area contributed by atoms with E-state index in [0.29, 0.717) is 19.3 Å². The van der Waals surface area contributed by atoms with Crippen molar-refractivity contribution >= 4 is 17.9 Å². The zero-order valence-electron chi connectivity index (χ0n) is 55.5. The number of carbonyl (C=O) groups is 3. The molecule has 0 bridgehead atoms. The molecule has 6 nitrogen and oxygen atoms in total. The maximum Gasteiger partial charge on any atom is 0.306 e. The fraction of sp³-hybridized carbons (Fsp3) is 0.882. The van der Waals surface area contributed by atoms with Crippen LogP contribution in [-0.2, 0) is 28.6 Å². The molecule has 0 spiro atoms. The van der Waals surface area contributed by atoms with Gasteiger partial charge in [0, 0.05) is 19.3 Å². The highest BCUT2D eigenvalue weighted by atomic mass is 16.6. The molecule has 6 heteroatoms. The van der Waals surface area contributed by atoms with Crippen LogP contribution in [0.3, 0.4) is 0 Å². The summed E-state index contributed by atoms with van der Waals surface area (Å²) in [6, 6.07) is 0. The number of unbranched alkanes of at least 4 members (excludes halogenated alkanes) is 52. The summed E-state index contributed by atoms with van der Waals surface area (Å²) in [5.74, 6) is -0.858. The van der Waals surface area contributed by atoms with E-state index in [0.717, 1.165) is 70.6 Å². The summed E-state index contributed by atoms with van der Waals surface area (Å²) < 4.78 is 17.0. The third-order valence-corrected chi connectivity index (χ3v) is 16.9. The van der Waals surface area contributed by atoms with Crippen molar-refractivity contribution in [2.24, 2.45) is 0 Å². The van der Waals surface area contributed by atoms with Crippen molar-refractivity contribution in [1.29, 1.82) is 0 Å². The summed E-state index contributed by atoms with van der Waals surface area (Å²) in [7, 11) is 0. The van der Waals surface area contributed by atoms with Crippen LogP contribution in [0.15, 0.2) is 36.5 Å². The van der Waals surface area contributed by atoms with Gasteiger partial charge in [-0.25, -0.2) is 0 Å². The van der Waals surface area contributed by atoms with Gasteiger partial charge in [0.15, 0.2) is 6.10 Å². The van der Waals surface area contributed by atoms with E-state index in [1.54, 1.807) is 0 Å². The SMILES string of the molecule is CCCCC/C=C\C/C=C\CCCCCCCCCCCC(=O)OC(COC(=O)CCCCCCC/C=C\CCCCCC)COC(=O)CCCCCCCCCCCCCCCCCCCCCCCCCCCCCCCCCC. The number of hydrogen-bond donors (Lipinski definition) is 0. The first kappa shape index (κ1) is 79.6. The van der Waals surface area contributed by atoms with Crippen molar-refractivity contribution in [1.82, 2.24) is 0 Å². The molecule has 0 N–H and O–H groups in total. The van der Waals surface area contributed by atoms with Crippen molar-refractivity contribution in [3.05, 3.63) is 36.5 Å². The molecule has 0 saturated carbocycles. The van der Waals surface area contributed by atoms with Crippen molar-refractivity contribution in [2.75, 3.05) is 13.2 Å². The van der Waals surface area contributed by atoms with Crippen LogP contribution >= 0.6 is 0 Å². The highest BCUT2D eigenvalue weighted by Crippen LogP contribution is 2.19. The first-order valence-electron chi connectivity index (χ1n) is 37.0. The quantitative estimate of drug-likeness (QED) is 0.0261. The number of esters is 3. The minimum absolute atomic E-state index is 0.0719. The lowest BCUT2D eigenvalue weighted by atomic mass is 10.0. The van der Waals surface area contributed by atoms with Crippen molar-refractivity contribution in [3.8, 4) is 0 Å². The molecule has 0 aliphatic heterocycles. The summed E-state index contributed by atoms with van der Waals surface area (Å²) in [6.07, 6.45) is 89.1. The minimum atomic E-state index is -0.777. The van der Waals surface area contributed by atoms with E-state index in [1.165, 1.54) is 302 Å². The Morgan fingerprint density at radius 1 is 0.244 bits per heavy atom. The second-order valence-corrected chi connectivity index (χ2v) is 25.2. The second kappa shape index (κ2) is 71.1. The topological polar surface area (TPSA) is 78.9 Å². The Hall–Kier alpha value is -2.37. The van der Waals surface area contributed by atoms with Gasteiger partial charge in [-0.2, -0.15) is 0 Å². The van der Waals surface area contributed by atoms with Crippen LogP contribution in [0.2, 0.25) is 0 Å². The maximum atomic E-state index is 12.9. The molecule has 0 aliphatic carbocycles. The van der Waals surface area contributed by atoms with Crippen molar-refractivity contribution < 1.29 is 28.6 Å². The predicted molar refractivity (Wildman–Crippen MR) is 358 cm³/mol. The molecule has 0 heterocycles. The highest BCUT2D eigenvalue weighted by Gasteiger charge is 2.19. The molecule has 0 aromatic rings. The van der Waals surface area contributed by atoms with Crippen molar-refractivity contribution in [3.63, 3.8) is 0 Å². The Morgan fingerprint density at radius 3 is 0.720 bits per heavy atom. The summed E-state index contributed by atoms with van der Waals surface area (Å²) in [5, 5.41) is 0. The molecular weight excluding hydrogens is 1010 g/mol. The first-order chi connectivity index (χ1) is 40.5. The Balaban J connectivity index is 4.13. The lowest BCUT2D eigenvalue weighted by Gasteiger charge is -2.18. The molecule has 0 radical (unpaired) electrons. The average molecular weight is 1150 g/mol. The normalized spacial score (nSPS) is 12.2. The summed E-state index contributed by atoms with van der Waals surface area (Å²) >= 11 is 0. The van der Waals surface area contributed by atoms with E-state index in [9.17, 15) is 14.4 Å². The maximum absolute atomic E-state index is 12.9. The van der Waals surface area contributed by atoms with Crippen LogP contribution in [-0.4, -0.2) is 37.2 Å². The average Bonchev–Trinajstić information content (AvgIpc) is 3.47. The molecule has 0 aromatic carbocycles. The van der Waals surface area contributed by atoms with Gasteiger partial charge in [-0.15, -0.1) is 0 Å². The lowest BCUT2D eigenvalue weighted by molar-refractivity contribution is -0.167. The third-order valence-electron chi connectivity index (χ3n) is 16.9. The van der Waals surface area contributed by atoms with Crippen LogP contribution in [0.25, 0.3) is 0 Å². The van der Waals surface area contributed by atoms with Gasteiger partial charge in [0.1, 0.15) is 13.2 Å². The predicted octanol–water partition coefficient (Wildman–Crippen LogP) is 25.5. The zero-order chi connectivity index (χ0) is 59.2. The molecule has 0 rings (SSSR count). The van der Waals surface area contributed by atoms with Crippen LogP contribution in [0.4, 0.5) is 0 Å². The van der Waals surface area contributed by atoms with E-state index in [2.05, 4.69) is 57.2 Å². The van der Waals surface area contributed by atoms with Gasteiger partial charge in [-0.1, -0.05) is 353 Å². The smallest absolute Gasteiger partial charge is 0.306 e. The number of allylic oxidation sites excluding steroid dienone is 6. The third kappa shape index (κ3) is 68.4. The molecule has 1 atom stereocenters. The van der Waals surface area contributed by atoms with Crippen LogP contribution in [0.5, 0.6) is 0 Å². The summed E-state index contributed by atoms with van der Waals surface area (Å²) in [6.45, 7) is 6.66. The van der Waals surface area contributed by atoms with Crippen LogP contribution in [0, 0.1) is 0 Å². The van der Waals surface area contributed by atoms with E-state index in [-0.39, 0.29) is 31.1 Å². The fourth-order valence-corrected chi connectivity index (χ4v) is 11.3. The van der Waals surface area contributed by atoms with Gasteiger partial charge in [0.25, 0.3) is 0 Å².